The maximum atomic E-state index is 13.4. The van der Waals surface area contributed by atoms with Crippen LogP contribution in [0.1, 0.15) is 11.1 Å². The van der Waals surface area contributed by atoms with Gasteiger partial charge in [0.2, 0.25) is 5.82 Å². The van der Waals surface area contributed by atoms with E-state index >= 15 is 0 Å². The third-order valence-electron chi connectivity index (χ3n) is 3.18. The highest BCUT2D eigenvalue weighted by Crippen LogP contribution is 2.27. The molecule has 4 nitrogen and oxygen atoms in total. The molecule has 0 spiro atoms. The van der Waals surface area contributed by atoms with Gasteiger partial charge in [-0.3, -0.25) is 10.1 Å². The lowest BCUT2D eigenvalue weighted by Gasteiger charge is -2.09. The number of nitrogens with one attached hydrogen (secondary N) is 1. The van der Waals surface area contributed by atoms with Gasteiger partial charge in [-0.25, -0.2) is 4.39 Å². The number of anilines is 1. The number of rotatable bonds is 5. The molecule has 0 unspecified atom stereocenters. The van der Waals surface area contributed by atoms with E-state index in [1.807, 2.05) is 0 Å². The molecular formula is C15H14F2N2O2. The third kappa shape index (κ3) is 3.53. The van der Waals surface area contributed by atoms with Crippen molar-refractivity contribution >= 4 is 11.4 Å². The molecule has 0 radical (unpaired) electrons. The van der Waals surface area contributed by atoms with Gasteiger partial charge in [0.1, 0.15) is 11.5 Å². The molecule has 2 aromatic carbocycles. The minimum absolute atomic E-state index is 0.139. The number of nitrogens with zero attached hydrogens (tertiary/aromatic N) is 1. The third-order valence-corrected chi connectivity index (χ3v) is 3.18. The van der Waals surface area contributed by atoms with E-state index in [9.17, 15) is 18.9 Å². The minimum Gasteiger partial charge on any atom is -0.379 e. The SMILES string of the molecule is Cc1cc(F)ccc1CCNc1cccc(F)c1[N+](=O)[O-]. The standard InChI is InChI=1S/C15H14F2N2O2/c1-10-9-12(16)6-5-11(10)7-8-18-14-4-2-3-13(17)15(14)19(20)21/h2-6,9,18H,7-8H2,1H3. The van der Waals surface area contributed by atoms with Crippen molar-refractivity contribution in [3.05, 3.63) is 69.3 Å². The Kier molecular flexibility index (Phi) is 4.47. The Bertz CT molecular complexity index is 675. The van der Waals surface area contributed by atoms with Crippen LogP contribution in [-0.2, 0) is 6.42 Å². The minimum atomic E-state index is -0.872. The fourth-order valence-corrected chi connectivity index (χ4v) is 2.12. The zero-order valence-electron chi connectivity index (χ0n) is 11.4. The van der Waals surface area contributed by atoms with Crippen molar-refractivity contribution in [2.45, 2.75) is 13.3 Å². The molecule has 0 aliphatic carbocycles. The van der Waals surface area contributed by atoms with Gasteiger partial charge < -0.3 is 5.32 Å². The van der Waals surface area contributed by atoms with Gasteiger partial charge in [0.05, 0.1) is 4.92 Å². The Morgan fingerprint density at radius 1 is 1.24 bits per heavy atom. The Morgan fingerprint density at radius 3 is 2.67 bits per heavy atom. The maximum Gasteiger partial charge on any atom is 0.327 e. The Labute approximate surface area is 120 Å². The Morgan fingerprint density at radius 2 is 2.00 bits per heavy atom. The summed E-state index contributed by atoms with van der Waals surface area (Å²) in [6.45, 7) is 2.18. The number of nitro groups is 1. The smallest absolute Gasteiger partial charge is 0.327 e. The first-order chi connectivity index (χ1) is 9.99. The van der Waals surface area contributed by atoms with E-state index in [1.54, 1.807) is 13.0 Å². The van der Waals surface area contributed by atoms with Crippen molar-refractivity contribution in [2.24, 2.45) is 0 Å². The van der Waals surface area contributed by atoms with Crippen LogP contribution in [0.25, 0.3) is 0 Å². The Balaban J connectivity index is 2.07. The average Bonchev–Trinajstić information content (AvgIpc) is 2.41. The van der Waals surface area contributed by atoms with Crippen LogP contribution in [0.2, 0.25) is 0 Å². The number of para-hydroxylation sites is 1. The highest BCUT2D eigenvalue weighted by atomic mass is 19.1. The summed E-state index contributed by atoms with van der Waals surface area (Å²) in [4.78, 5) is 10.1. The number of aryl methyl sites for hydroxylation is 1. The van der Waals surface area contributed by atoms with Crippen LogP contribution in [0.4, 0.5) is 20.2 Å². The predicted molar refractivity (Wildman–Crippen MR) is 76.4 cm³/mol. The van der Waals surface area contributed by atoms with Crippen LogP contribution in [-0.4, -0.2) is 11.5 Å². The van der Waals surface area contributed by atoms with Crippen molar-refractivity contribution in [1.82, 2.24) is 0 Å². The quantitative estimate of drug-likeness (QED) is 0.673. The van der Waals surface area contributed by atoms with E-state index in [0.717, 1.165) is 17.2 Å². The first-order valence-corrected chi connectivity index (χ1v) is 6.41. The summed E-state index contributed by atoms with van der Waals surface area (Å²) in [7, 11) is 0. The van der Waals surface area contributed by atoms with Gasteiger partial charge in [-0.2, -0.15) is 4.39 Å². The second-order valence-corrected chi connectivity index (χ2v) is 4.64. The topological polar surface area (TPSA) is 55.2 Å². The van der Waals surface area contributed by atoms with E-state index in [4.69, 9.17) is 0 Å². The largest absolute Gasteiger partial charge is 0.379 e. The summed E-state index contributed by atoms with van der Waals surface area (Å²) >= 11 is 0. The first kappa shape index (κ1) is 14.9. The molecule has 0 aromatic heterocycles. The first-order valence-electron chi connectivity index (χ1n) is 6.41. The molecule has 1 N–H and O–H groups in total. The lowest BCUT2D eigenvalue weighted by atomic mass is 10.1. The van der Waals surface area contributed by atoms with Gasteiger partial charge in [0.25, 0.3) is 0 Å². The second kappa shape index (κ2) is 6.30. The van der Waals surface area contributed by atoms with Crippen LogP contribution in [0, 0.1) is 28.7 Å². The zero-order valence-corrected chi connectivity index (χ0v) is 11.4. The lowest BCUT2D eigenvalue weighted by molar-refractivity contribution is -0.386. The van der Waals surface area contributed by atoms with Crippen LogP contribution >= 0.6 is 0 Å². The number of hydrogen-bond donors (Lipinski definition) is 1. The van der Waals surface area contributed by atoms with Crippen LogP contribution in [0.5, 0.6) is 0 Å². The molecule has 6 heteroatoms. The van der Waals surface area contributed by atoms with E-state index in [0.29, 0.717) is 13.0 Å². The average molecular weight is 292 g/mol. The maximum absolute atomic E-state index is 13.4. The summed E-state index contributed by atoms with van der Waals surface area (Å²) < 4.78 is 26.4. The molecule has 0 saturated carbocycles. The van der Waals surface area contributed by atoms with E-state index in [1.165, 1.54) is 24.3 Å². The number of halogens is 2. The predicted octanol–water partition coefficient (Wildman–Crippen LogP) is 3.84. The summed E-state index contributed by atoms with van der Waals surface area (Å²) in [5.74, 6) is -1.17. The zero-order chi connectivity index (χ0) is 15.4. The molecule has 0 saturated heterocycles. The molecule has 2 aromatic rings. The monoisotopic (exact) mass is 292 g/mol. The molecule has 110 valence electrons. The van der Waals surface area contributed by atoms with Gasteiger partial charge >= 0.3 is 5.69 Å². The van der Waals surface area contributed by atoms with Gasteiger partial charge in [-0.15, -0.1) is 0 Å². The number of hydrogen-bond acceptors (Lipinski definition) is 3. The van der Waals surface area contributed by atoms with E-state index in [-0.39, 0.29) is 11.5 Å². The van der Waals surface area contributed by atoms with Crippen LogP contribution < -0.4 is 5.32 Å². The Hall–Kier alpha value is -2.50. The fraction of sp³-hybridized carbons (Fsp3) is 0.200. The van der Waals surface area contributed by atoms with Crippen LogP contribution in [0.3, 0.4) is 0 Å². The number of nitro benzene ring substituents is 1. The summed E-state index contributed by atoms with van der Waals surface area (Å²) in [5.41, 5.74) is 1.32. The fourth-order valence-electron chi connectivity index (χ4n) is 2.12. The van der Waals surface area contributed by atoms with Crippen molar-refractivity contribution < 1.29 is 13.7 Å². The molecule has 21 heavy (non-hydrogen) atoms. The van der Waals surface area contributed by atoms with Gasteiger partial charge in [0.15, 0.2) is 0 Å². The molecular weight excluding hydrogens is 278 g/mol. The summed E-state index contributed by atoms with van der Waals surface area (Å²) in [6.07, 6.45) is 0.555. The molecule has 0 amide bonds. The molecule has 0 heterocycles. The van der Waals surface area contributed by atoms with E-state index in [2.05, 4.69) is 5.32 Å². The van der Waals surface area contributed by atoms with Crippen molar-refractivity contribution in [2.75, 3.05) is 11.9 Å². The van der Waals surface area contributed by atoms with Crippen molar-refractivity contribution in [3.8, 4) is 0 Å². The molecule has 2 rings (SSSR count). The van der Waals surface area contributed by atoms with Crippen molar-refractivity contribution in [1.29, 1.82) is 0 Å². The van der Waals surface area contributed by atoms with Crippen molar-refractivity contribution in [3.63, 3.8) is 0 Å². The lowest BCUT2D eigenvalue weighted by Crippen LogP contribution is -2.08. The molecule has 0 aliphatic heterocycles. The highest BCUT2D eigenvalue weighted by molar-refractivity contribution is 5.62. The molecule has 0 bridgehead atoms. The van der Waals surface area contributed by atoms with Crippen LogP contribution in [0.15, 0.2) is 36.4 Å². The van der Waals surface area contributed by atoms with Gasteiger partial charge in [0, 0.05) is 6.54 Å². The van der Waals surface area contributed by atoms with Gasteiger partial charge in [-0.1, -0.05) is 12.1 Å². The normalized spacial score (nSPS) is 10.4. The number of benzene rings is 2. The van der Waals surface area contributed by atoms with E-state index < -0.39 is 16.4 Å². The highest BCUT2D eigenvalue weighted by Gasteiger charge is 2.19. The molecule has 0 fully saturated rings. The summed E-state index contributed by atoms with van der Waals surface area (Å²) in [6, 6.07) is 8.39. The molecule has 0 atom stereocenters. The summed E-state index contributed by atoms with van der Waals surface area (Å²) in [5, 5.41) is 13.7. The second-order valence-electron chi connectivity index (χ2n) is 4.64. The molecule has 0 aliphatic rings. The van der Waals surface area contributed by atoms with Gasteiger partial charge in [-0.05, 0) is 48.7 Å².